The van der Waals surface area contributed by atoms with Crippen molar-refractivity contribution >= 4 is 39.2 Å². The Balaban J connectivity index is 2.54. The van der Waals surface area contributed by atoms with Gasteiger partial charge in [0.25, 0.3) is 0 Å². The molecule has 0 aliphatic carbocycles. The number of rotatable bonds is 5. The third kappa shape index (κ3) is 4.02. The van der Waals surface area contributed by atoms with Crippen LogP contribution < -0.4 is 5.32 Å². The van der Waals surface area contributed by atoms with Crippen molar-refractivity contribution in [3.63, 3.8) is 0 Å². The summed E-state index contributed by atoms with van der Waals surface area (Å²) < 4.78 is 0.935. The van der Waals surface area contributed by atoms with Crippen LogP contribution >= 0.6 is 27.5 Å². The molecule has 0 saturated heterocycles. The number of nitrogens with one attached hydrogen (secondary N) is 1. The Morgan fingerprint density at radius 3 is 2.88 bits per heavy atom. The monoisotopic (exact) mass is 305 g/mol. The number of aryl methyl sites for hydroxylation is 1. The third-order valence-electron chi connectivity index (χ3n) is 2.13. The maximum Gasteiger partial charge on any atom is 0.303 e. The maximum atomic E-state index is 10.3. The van der Waals surface area contributed by atoms with Gasteiger partial charge in [-0.3, -0.25) is 4.79 Å². The lowest BCUT2D eigenvalue weighted by molar-refractivity contribution is -0.137. The standard InChI is InChI=1S/C11H13BrClNO2/c1-7-5-8(12)10(6-9(7)13)14-4-2-3-11(15)16/h5-6,14H,2-4H2,1H3,(H,15,16). The van der Waals surface area contributed by atoms with Crippen molar-refractivity contribution in [1.82, 2.24) is 0 Å². The number of anilines is 1. The Hall–Kier alpha value is -0.740. The fourth-order valence-corrected chi connectivity index (χ4v) is 2.01. The van der Waals surface area contributed by atoms with Crippen LogP contribution in [0.1, 0.15) is 18.4 Å². The largest absolute Gasteiger partial charge is 0.481 e. The highest BCUT2D eigenvalue weighted by molar-refractivity contribution is 9.10. The van der Waals surface area contributed by atoms with E-state index in [1.165, 1.54) is 0 Å². The Labute approximate surface area is 108 Å². The second-order valence-corrected chi connectivity index (χ2v) is 4.77. The van der Waals surface area contributed by atoms with Crippen molar-refractivity contribution < 1.29 is 9.90 Å². The Morgan fingerprint density at radius 2 is 2.25 bits per heavy atom. The first-order chi connectivity index (χ1) is 7.50. The van der Waals surface area contributed by atoms with Gasteiger partial charge in [-0.05, 0) is 47.0 Å². The molecule has 0 spiro atoms. The number of hydrogen-bond donors (Lipinski definition) is 2. The van der Waals surface area contributed by atoms with Crippen molar-refractivity contribution in [2.75, 3.05) is 11.9 Å². The molecule has 2 N–H and O–H groups in total. The van der Waals surface area contributed by atoms with Crippen molar-refractivity contribution in [2.45, 2.75) is 19.8 Å². The van der Waals surface area contributed by atoms with Crippen LogP contribution in [-0.4, -0.2) is 17.6 Å². The summed E-state index contributed by atoms with van der Waals surface area (Å²) >= 11 is 9.42. The molecule has 1 aromatic rings. The SMILES string of the molecule is Cc1cc(Br)c(NCCCC(=O)O)cc1Cl. The van der Waals surface area contributed by atoms with Crippen LogP contribution in [0.25, 0.3) is 0 Å². The van der Waals surface area contributed by atoms with Gasteiger partial charge in [-0.15, -0.1) is 0 Å². The van der Waals surface area contributed by atoms with E-state index >= 15 is 0 Å². The second-order valence-electron chi connectivity index (χ2n) is 3.51. The van der Waals surface area contributed by atoms with Crippen LogP contribution in [0.4, 0.5) is 5.69 Å². The quantitative estimate of drug-likeness (QED) is 0.816. The predicted octanol–water partition coefficient (Wildman–Crippen LogP) is 3.69. The normalized spacial score (nSPS) is 10.2. The first kappa shape index (κ1) is 13.3. The van der Waals surface area contributed by atoms with E-state index in [0.29, 0.717) is 18.0 Å². The molecule has 0 atom stereocenters. The van der Waals surface area contributed by atoms with Gasteiger partial charge >= 0.3 is 5.97 Å². The van der Waals surface area contributed by atoms with E-state index in [0.717, 1.165) is 15.7 Å². The molecule has 0 heterocycles. The number of halogens is 2. The van der Waals surface area contributed by atoms with Gasteiger partial charge in [0.05, 0.1) is 0 Å². The molecule has 0 bridgehead atoms. The lowest BCUT2D eigenvalue weighted by Crippen LogP contribution is -2.05. The minimum atomic E-state index is -0.775. The molecule has 88 valence electrons. The first-order valence-electron chi connectivity index (χ1n) is 4.92. The topological polar surface area (TPSA) is 49.3 Å². The first-order valence-corrected chi connectivity index (χ1v) is 6.09. The van der Waals surface area contributed by atoms with E-state index in [9.17, 15) is 4.79 Å². The number of benzene rings is 1. The number of carboxylic acids is 1. The molecule has 0 radical (unpaired) electrons. The molecular weight excluding hydrogens is 293 g/mol. The second kappa shape index (κ2) is 6.11. The molecule has 3 nitrogen and oxygen atoms in total. The highest BCUT2D eigenvalue weighted by Crippen LogP contribution is 2.29. The number of carbonyl (C=O) groups is 1. The van der Waals surface area contributed by atoms with Crippen LogP contribution in [0.2, 0.25) is 5.02 Å². The van der Waals surface area contributed by atoms with Crippen molar-refractivity contribution in [3.8, 4) is 0 Å². The van der Waals surface area contributed by atoms with E-state index in [-0.39, 0.29) is 6.42 Å². The van der Waals surface area contributed by atoms with Crippen LogP contribution in [-0.2, 0) is 4.79 Å². The average Bonchev–Trinajstić information content (AvgIpc) is 2.19. The van der Waals surface area contributed by atoms with E-state index in [1.54, 1.807) is 0 Å². The van der Waals surface area contributed by atoms with Crippen molar-refractivity contribution in [2.24, 2.45) is 0 Å². The van der Waals surface area contributed by atoms with Crippen molar-refractivity contribution in [3.05, 3.63) is 27.2 Å². The highest BCUT2D eigenvalue weighted by Gasteiger charge is 2.04. The average molecular weight is 307 g/mol. The summed E-state index contributed by atoms with van der Waals surface area (Å²) in [6.07, 6.45) is 0.761. The minimum Gasteiger partial charge on any atom is -0.481 e. The van der Waals surface area contributed by atoms with Crippen LogP contribution in [0, 0.1) is 6.92 Å². The Bertz CT molecular complexity index is 396. The summed E-state index contributed by atoms with van der Waals surface area (Å²) in [6, 6.07) is 3.77. The van der Waals surface area contributed by atoms with E-state index in [2.05, 4.69) is 21.2 Å². The summed E-state index contributed by atoms with van der Waals surface area (Å²) in [6.45, 7) is 2.55. The Kier molecular flexibility index (Phi) is 5.09. The smallest absolute Gasteiger partial charge is 0.303 e. The molecular formula is C11H13BrClNO2. The van der Waals surface area contributed by atoms with E-state index in [1.807, 2.05) is 19.1 Å². The van der Waals surface area contributed by atoms with Crippen LogP contribution in [0.5, 0.6) is 0 Å². The summed E-state index contributed by atoms with van der Waals surface area (Å²) in [7, 11) is 0. The summed E-state index contributed by atoms with van der Waals surface area (Å²) in [4.78, 5) is 10.3. The fourth-order valence-electron chi connectivity index (χ4n) is 1.24. The zero-order valence-corrected chi connectivity index (χ0v) is 11.2. The van der Waals surface area contributed by atoms with Crippen LogP contribution in [0.3, 0.4) is 0 Å². The zero-order valence-electron chi connectivity index (χ0n) is 8.89. The molecule has 0 saturated carbocycles. The van der Waals surface area contributed by atoms with E-state index in [4.69, 9.17) is 16.7 Å². The van der Waals surface area contributed by atoms with Gasteiger partial charge in [-0.25, -0.2) is 0 Å². The van der Waals surface area contributed by atoms with Crippen molar-refractivity contribution in [1.29, 1.82) is 0 Å². The maximum absolute atomic E-state index is 10.3. The van der Waals surface area contributed by atoms with Gasteiger partial charge in [-0.2, -0.15) is 0 Å². The molecule has 0 aliphatic rings. The van der Waals surface area contributed by atoms with Crippen LogP contribution in [0.15, 0.2) is 16.6 Å². The van der Waals surface area contributed by atoms with Gasteiger partial charge < -0.3 is 10.4 Å². The van der Waals surface area contributed by atoms with Gasteiger partial charge in [-0.1, -0.05) is 11.6 Å². The lowest BCUT2D eigenvalue weighted by atomic mass is 10.2. The Morgan fingerprint density at radius 1 is 1.56 bits per heavy atom. The zero-order chi connectivity index (χ0) is 12.1. The molecule has 0 fully saturated rings. The summed E-state index contributed by atoms with van der Waals surface area (Å²) in [5.74, 6) is -0.775. The molecule has 0 aromatic heterocycles. The predicted molar refractivity (Wildman–Crippen MR) is 69.2 cm³/mol. The number of carboxylic acid groups (broad SMARTS) is 1. The highest BCUT2D eigenvalue weighted by atomic mass is 79.9. The molecule has 0 unspecified atom stereocenters. The molecule has 0 amide bonds. The van der Waals surface area contributed by atoms with Gasteiger partial charge in [0.15, 0.2) is 0 Å². The van der Waals surface area contributed by atoms with Gasteiger partial charge in [0, 0.05) is 28.1 Å². The number of hydrogen-bond acceptors (Lipinski definition) is 2. The fraction of sp³-hybridized carbons (Fsp3) is 0.364. The number of aliphatic carboxylic acids is 1. The van der Waals surface area contributed by atoms with E-state index < -0.39 is 5.97 Å². The van der Waals surface area contributed by atoms with Gasteiger partial charge in [0.2, 0.25) is 0 Å². The summed E-state index contributed by atoms with van der Waals surface area (Å²) in [5, 5.41) is 12.3. The molecule has 16 heavy (non-hydrogen) atoms. The molecule has 0 aliphatic heterocycles. The summed E-state index contributed by atoms with van der Waals surface area (Å²) in [5.41, 5.74) is 1.89. The van der Waals surface area contributed by atoms with Gasteiger partial charge in [0.1, 0.15) is 0 Å². The molecule has 1 rings (SSSR count). The minimum absolute atomic E-state index is 0.171. The third-order valence-corrected chi connectivity index (χ3v) is 3.19. The molecule has 5 heteroatoms. The molecule has 1 aromatic carbocycles. The lowest BCUT2D eigenvalue weighted by Gasteiger charge is -2.09.